The first-order valence-corrected chi connectivity index (χ1v) is 4.79. The number of hydrogen-bond acceptors (Lipinski definition) is 2. The molecule has 1 atom stereocenters. The summed E-state index contributed by atoms with van der Waals surface area (Å²) in [6.07, 6.45) is 6.83. The van der Waals surface area contributed by atoms with Crippen molar-refractivity contribution in [3.05, 3.63) is 0 Å². The maximum atomic E-state index is 5.30. The third-order valence-electron chi connectivity index (χ3n) is 2.76. The molecule has 0 amide bonds. The van der Waals surface area contributed by atoms with Crippen molar-refractivity contribution in [3.63, 3.8) is 0 Å². The Hall–Kier alpha value is -0.0800. The molecule has 0 unspecified atom stereocenters. The van der Waals surface area contributed by atoms with E-state index < -0.39 is 0 Å². The van der Waals surface area contributed by atoms with Crippen LogP contribution >= 0.6 is 0 Å². The molecule has 11 heavy (non-hydrogen) atoms. The van der Waals surface area contributed by atoms with Gasteiger partial charge in [0.1, 0.15) is 0 Å². The Kier molecular flexibility index (Phi) is 2.44. The van der Waals surface area contributed by atoms with E-state index in [2.05, 4.69) is 5.32 Å². The van der Waals surface area contributed by atoms with E-state index in [1.54, 1.807) is 0 Å². The average Bonchev–Trinajstić information content (AvgIpc) is 2.60. The van der Waals surface area contributed by atoms with Crippen molar-refractivity contribution < 1.29 is 4.74 Å². The summed E-state index contributed by atoms with van der Waals surface area (Å²) in [5, 5.41) is 3.65. The lowest BCUT2D eigenvalue weighted by molar-refractivity contribution is 0.188. The molecule has 64 valence electrons. The van der Waals surface area contributed by atoms with Crippen LogP contribution in [-0.2, 0) is 4.74 Å². The fourth-order valence-corrected chi connectivity index (χ4v) is 2.09. The van der Waals surface area contributed by atoms with Crippen LogP contribution < -0.4 is 5.32 Å². The van der Waals surface area contributed by atoms with Gasteiger partial charge in [0.25, 0.3) is 0 Å². The molecule has 1 heterocycles. The van der Waals surface area contributed by atoms with E-state index in [0.717, 1.165) is 19.3 Å². The van der Waals surface area contributed by atoms with Crippen LogP contribution in [0, 0.1) is 0 Å². The van der Waals surface area contributed by atoms with E-state index in [-0.39, 0.29) is 0 Å². The van der Waals surface area contributed by atoms with Crippen molar-refractivity contribution in [2.24, 2.45) is 0 Å². The van der Waals surface area contributed by atoms with E-state index in [0.29, 0.717) is 6.04 Å². The highest BCUT2D eigenvalue weighted by Crippen LogP contribution is 2.19. The van der Waals surface area contributed by atoms with Crippen LogP contribution in [0.15, 0.2) is 0 Å². The Balaban J connectivity index is 1.71. The molecule has 0 bridgehead atoms. The molecule has 1 N–H and O–H groups in total. The fraction of sp³-hybridized carbons (Fsp3) is 1.00. The Bertz CT molecular complexity index is 101. The lowest BCUT2D eigenvalue weighted by Gasteiger charge is -2.16. The van der Waals surface area contributed by atoms with Gasteiger partial charge < -0.3 is 10.1 Å². The highest BCUT2D eigenvalue weighted by molar-refractivity contribution is 4.80. The Morgan fingerprint density at radius 1 is 1.00 bits per heavy atom. The Labute approximate surface area is 68.3 Å². The summed E-state index contributed by atoms with van der Waals surface area (Å²) >= 11 is 0. The molecular weight excluding hydrogens is 138 g/mol. The van der Waals surface area contributed by atoms with Crippen LogP contribution in [0.4, 0.5) is 0 Å². The van der Waals surface area contributed by atoms with Gasteiger partial charge >= 0.3 is 0 Å². The summed E-state index contributed by atoms with van der Waals surface area (Å²) in [5.74, 6) is 0. The third-order valence-corrected chi connectivity index (χ3v) is 2.76. The van der Waals surface area contributed by atoms with E-state index >= 15 is 0 Å². The first-order chi connectivity index (χ1) is 5.45. The average molecular weight is 155 g/mol. The predicted molar refractivity (Wildman–Crippen MR) is 44.6 cm³/mol. The molecule has 2 rings (SSSR count). The molecule has 2 fully saturated rings. The maximum absolute atomic E-state index is 5.30. The van der Waals surface area contributed by atoms with E-state index in [9.17, 15) is 0 Å². The summed E-state index contributed by atoms with van der Waals surface area (Å²) in [4.78, 5) is 0. The standard InChI is InChI=1S/C9H17NO/c1-2-4-8(3-1)10-9-5-6-11-7-9/h8-10H,1-7H2/t9-/m1/s1. The van der Waals surface area contributed by atoms with Gasteiger partial charge in [-0.05, 0) is 19.3 Å². The first-order valence-electron chi connectivity index (χ1n) is 4.79. The number of hydrogen-bond donors (Lipinski definition) is 1. The number of rotatable bonds is 2. The van der Waals surface area contributed by atoms with Crippen LogP contribution in [0.2, 0.25) is 0 Å². The summed E-state index contributed by atoms with van der Waals surface area (Å²) in [7, 11) is 0. The normalized spacial score (nSPS) is 33.3. The molecule has 1 saturated heterocycles. The lowest BCUT2D eigenvalue weighted by atomic mass is 10.2. The minimum Gasteiger partial charge on any atom is -0.380 e. The van der Waals surface area contributed by atoms with Crippen LogP contribution in [0.1, 0.15) is 32.1 Å². The summed E-state index contributed by atoms with van der Waals surface area (Å²) in [5.41, 5.74) is 0. The highest BCUT2D eigenvalue weighted by Gasteiger charge is 2.21. The van der Waals surface area contributed by atoms with Crippen molar-refractivity contribution >= 4 is 0 Å². The summed E-state index contributed by atoms with van der Waals surface area (Å²) < 4.78 is 5.30. The van der Waals surface area contributed by atoms with Crippen LogP contribution in [-0.4, -0.2) is 25.3 Å². The fourth-order valence-electron chi connectivity index (χ4n) is 2.09. The Morgan fingerprint density at radius 3 is 2.45 bits per heavy atom. The topological polar surface area (TPSA) is 21.3 Å². The van der Waals surface area contributed by atoms with Gasteiger partial charge in [0, 0.05) is 18.7 Å². The van der Waals surface area contributed by atoms with Crippen molar-refractivity contribution in [2.45, 2.75) is 44.2 Å². The SMILES string of the molecule is C1CCC(N[C@@H]2CCOC2)C1. The van der Waals surface area contributed by atoms with E-state index in [1.807, 2.05) is 0 Å². The van der Waals surface area contributed by atoms with Crippen LogP contribution in [0.25, 0.3) is 0 Å². The smallest absolute Gasteiger partial charge is 0.0620 e. The molecule has 0 aromatic carbocycles. The van der Waals surface area contributed by atoms with Crippen molar-refractivity contribution in [1.82, 2.24) is 5.32 Å². The zero-order chi connectivity index (χ0) is 7.52. The molecule has 1 aliphatic carbocycles. The monoisotopic (exact) mass is 155 g/mol. The van der Waals surface area contributed by atoms with Gasteiger partial charge in [-0.1, -0.05) is 12.8 Å². The van der Waals surface area contributed by atoms with E-state index in [1.165, 1.54) is 32.1 Å². The second kappa shape index (κ2) is 3.55. The highest BCUT2D eigenvalue weighted by atomic mass is 16.5. The molecule has 1 saturated carbocycles. The minimum atomic E-state index is 0.665. The van der Waals surface area contributed by atoms with Crippen LogP contribution in [0.3, 0.4) is 0 Å². The van der Waals surface area contributed by atoms with Gasteiger partial charge in [-0.15, -0.1) is 0 Å². The molecule has 0 aromatic rings. The van der Waals surface area contributed by atoms with Crippen molar-refractivity contribution in [1.29, 1.82) is 0 Å². The third kappa shape index (κ3) is 1.94. The minimum absolute atomic E-state index is 0.665. The zero-order valence-electron chi connectivity index (χ0n) is 7.01. The molecule has 2 nitrogen and oxygen atoms in total. The van der Waals surface area contributed by atoms with Crippen molar-refractivity contribution in [2.75, 3.05) is 13.2 Å². The molecular formula is C9H17NO. The Morgan fingerprint density at radius 2 is 1.82 bits per heavy atom. The second-order valence-corrected chi connectivity index (χ2v) is 3.71. The zero-order valence-corrected chi connectivity index (χ0v) is 7.01. The van der Waals surface area contributed by atoms with Gasteiger partial charge in [0.05, 0.1) is 6.61 Å². The molecule has 0 radical (unpaired) electrons. The van der Waals surface area contributed by atoms with Crippen LogP contribution in [0.5, 0.6) is 0 Å². The second-order valence-electron chi connectivity index (χ2n) is 3.71. The molecule has 0 spiro atoms. The van der Waals surface area contributed by atoms with Gasteiger partial charge in [-0.2, -0.15) is 0 Å². The summed E-state index contributed by atoms with van der Waals surface area (Å²) in [6, 6.07) is 1.47. The largest absolute Gasteiger partial charge is 0.380 e. The first kappa shape index (κ1) is 7.56. The molecule has 2 heteroatoms. The maximum Gasteiger partial charge on any atom is 0.0620 e. The molecule has 1 aliphatic heterocycles. The number of nitrogens with one attached hydrogen (secondary N) is 1. The predicted octanol–water partition coefficient (Wildman–Crippen LogP) is 1.31. The van der Waals surface area contributed by atoms with Gasteiger partial charge in [0.15, 0.2) is 0 Å². The van der Waals surface area contributed by atoms with Gasteiger partial charge in [-0.3, -0.25) is 0 Å². The van der Waals surface area contributed by atoms with E-state index in [4.69, 9.17) is 4.74 Å². The number of ether oxygens (including phenoxy) is 1. The van der Waals surface area contributed by atoms with Gasteiger partial charge in [0.2, 0.25) is 0 Å². The quantitative estimate of drug-likeness (QED) is 0.649. The summed E-state index contributed by atoms with van der Waals surface area (Å²) in [6.45, 7) is 1.90. The van der Waals surface area contributed by atoms with Gasteiger partial charge in [-0.25, -0.2) is 0 Å². The molecule has 2 aliphatic rings. The lowest BCUT2D eigenvalue weighted by Crippen LogP contribution is -2.36. The van der Waals surface area contributed by atoms with Crippen molar-refractivity contribution in [3.8, 4) is 0 Å². The molecule has 0 aromatic heterocycles.